The number of halogens is 1. The fourth-order valence-corrected chi connectivity index (χ4v) is 3.87. The molecule has 112 valence electrons. The first-order valence-corrected chi connectivity index (χ1v) is 7.95. The molecular formula is C13H19ClN2O3S. The molecule has 1 aromatic carbocycles. The zero-order valence-electron chi connectivity index (χ0n) is 11.3. The summed E-state index contributed by atoms with van der Waals surface area (Å²) in [7, 11) is -1.40. The van der Waals surface area contributed by atoms with Gasteiger partial charge >= 0.3 is 0 Å². The third-order valence-corrected chi connectivity index (χ3v) is 5.06. The van der Waals surface area contributed by atoms with E-state index in [1.165, 1.54) is 0 Å². The predicted molar refractivity (Wildman–Crippen MR) is 79.8 cm³/mol. The molecule has 0 aliphatic carbocycles. The zero-order chi connectivity index (χ0) is 13.9. The number of hydrogen-bond acceptors (Lipinski definition) is 4. The number of rotatable bonds is 4. The molecule has 1 amide bonds. The van der Waals surface area contributed by atoms with E-state index in [9.17, 15) is 13.2 Å². The molecule has 0 aromatic heterocycles. The molecule has 0 fully saturated rings. The first-order valence-electron chi connectivity index (χ1n) is 6.30. The molecule has 1 aliphatic rings. The lowest BCUT2D eigenvalue weighted by molar-refractivity contribution is -0.121. The average Bonchev–Trinajstić information content (AvgIpc) is 2.40. The van der Waals surface area contributed by atoms with Crippen molar-refractivity contribution in [2.24, 2.45) is 0 Å². The van der Waals surface area contributed by atoms with E-state index < -0.39 is 9.84 Å². The van der Waals surface area contributed by atoms with Gasteiger partial charge in [-0.1, -0.05) is 18.2 Å². The molecule has 1 aromatic rings. The van der Waals surface area contributed by atoms with Crippen molar-refractivity contribution in [3.8, 4) is 0 Å². The van der Waals surface area contributed by atoms with Gasteiger partial charge in [0, 0.05) is 13.0 Å². The maximum atomic E-state index is 12.0. The fourth-order valence-electron chi connectivity index (χ4n) is 2.25. The van der Waals surface area contributed by atoms with Crippen molar-refractivity contribution in [3.63, 3.8) is 0 Å². The Kier molecular flexibility index (Phi) is 5.98. The van der Waals surface area contributed by atoms with Crippen molar-refractivity contribution in [3.05, 3.63) is 29.8 Å². The van der Waals surface area contributed by atoms with E-state index in [0.717, 1.165) is 0 Å². The van der Waals surface area contributed by atoms with Gasteiger partial charge in [0.1, 0.15) is 0 Å². The number of fused-ring (bicyclic) bond motifs is 1. The Morgan fingerprint density at radius 3 is 2.75 bits per heavy atom. The largest absolute Gasteiger partial charge is 0.349 e. The van der Waals surface area contributed by atoms with Crippen LogP contribution in [0.2, 0.25) is 0 Å². The fraction of sp³-hybridized carbons (Fsp3) is 0.462. The SMILES string of the molecule is CNCCC(=O)NC1CCS(=O)(=O)c2ccccc21.Cl. The topological polar surface area (TPSA) is 75.3 Å². The van der Waals surface area contributed by atoms with E-state index in [0.29, 0.717) is 29.8 Å². The maximum Gasteiger partial charge on any atom is 0.221 e. The van der Waals surface area contributed by atoms with Crippen LogP contribution in [0.1, 0.15) is 24.4 Å². The Morgan fingerprint density at radius 2 is 2.05 bits per heavy atom. The van der Waals surface area contributed by atoms with Crippen LogP contribution in [0.5, 0.6) is 0 Å². The summed E-state index contributed by atoms with van der Waals surface area (Å²) in [6, 6.07) is 6.68. The molecule has 7 heteroatoms. The molecule has 1 unspecified atom stereocenters. The van der Waals surface area contributed by atoms with Crippen LogP contribution >= 0.6 is 12.4 Å². The monoisotopic (exact) mass is 318 g/mol. The van der Waals surface area contributed by atoms with Crippen LogP contribution in [0, 0.1) is 0 Å². The van der Waals surface area contributed by atoms with Gasteiger partial charge in [-0.05, 0) is 25.1 Å². The summed E-state index contributed by atoms with van der Waals surface area (Å²) >= 11 is 0. The van der Waals surface area contributed by atoms with Crippen molar-refractivity contribution < 1.29 is 13.2 Å². The summed E-state index contributed by atoms with van der Waals surface area (Å²) in [5, 5.41) is 5.82. The van der Waals surface area contributed by atoms with Crippen LogP contribution in [0.25, 0.3) is 0 Å². The lowest BCUT2D eigenvalue weighted by Crippen LogP contribution is -2.34. The molecule has 0 bridgehead atoms. The van der Waals surface area contributed by atoms with Crippen molar-refractivity contribution in [2.45, 2.75) is 23.8 Å². The average molecular weight is 319 g/mol. The Balaban J connectivity index is 0.00000200. The van der Waals surface area contributed by atoms with Crippen molar-refractivity contribution in [1.29, 1.82) is 0 Å². The third kappa shape index (κ3) is 3.71. The summed E-state index contributed by atoms with van der Waals surface area (Å²) in [6.45, 7) is 0.610. The highest BCUT2D eigenvalue weighted by Gasteiger charge is 2.30. The number of carbonyl (C=O) groups excluding carboxylic acids is 1. The normalized spacial score (nSPS) is 19.6. The van der Waals surface area contributed by atoms with E-state index in [1.807, 2.05) is 0 Å². The minimum atomic E-state index is -3.19. The second-order valence-corrected chi connectivity index (χ2v) is 6.70. The number of nitrogens with one attached hydrogen (secondary N) is 2. The second-order valence-electron chi connectivity index (χ2n) is 4.62. The molecule has 5 nitrogen and oxygen atoms in total. The summed E-state index contributed by atoms with van der Waals surface area (Å²) < 4.78 is 23.9. The Hall–Kier alpha value is -1.11. The number of benzene rings is 1. The van der Waals surface area contributed by atoms with Crippen LogP contribution in [0.3, 0.4) is 0 Å². The smallest absolute Gasteiger partial charge is 0.221 e. The lowest BCUT2D eigenvalue weighted by atomic mass is 10.0. The summed E-state index contributed by atoms with van der Waals surface area (Å²) in [6.07, 6.45) is 0.826. The molecule has 1 atom stereocenters. The molecule has 0 saturated heterocycles. The molecule has 0 spiro atoms. The molecule has 0 saturated carbocycles. The highest BCUT2D eigenvalue weighted by molar-refractivity contribution is 7.91. The highest BCUT2D eigenvalue weighted by atomic mass is 35.5. The third-order valence-electron chi connectivity index (χ3n) is 3.24. The van der Waals surface area contributed by atoms with Crippen LogP contribution in [-0.2, 0) is 14.6 Å². The number of amides is 1. The van der Waals surface area contributed by atoms with E-state index in [-0.39, 0.29) is 30.1 Å². The number of carbonyl (C=O) groups is 1. The van der Waals surface area contributed by atoms with Gasteiger partial charge in [0.05, 0.1) is 16.7 Å². The van der Waals surface area contributed by atoms with Crippen molar-refractivity contribution in [2.75, 3.05) is 19.3 Å². The van der Waals surface area contributed by atoms with Gasteiger partial charge < -0.3 is 10.6 Å². The van der Waals surface area contributed by atoms with Gasteiger partial charge in [-0.3, -0.25) is 4.79 Å². The first kappa shape index (κ1) is 16.9. The minimum Gasteiger partial charge on any atom is -0.349 e. The molecule has 1 heterocycles. The second kappa shape index (κ2) is 7.06. The quantitative estimate of drug-likeness (QED) is 0.870. The van der Waals surface area contributed by atoms with Gasteiger partial charge in [-0.2, -0.15) is 0 Å². The number of hydrogen-bond donors (Lipinski definition) is 2. The highest BCUT2D eigenvalue weighted by Crippen LogP contribution is 2.31. The Labute approximate surface area is 125 Å². The van der Waals surface area contributed by atoms with E-state index >= 15 is 0 Å². The molecule has 20 heavy (non-hydrogen) atoms. The van der Waals surface area contributed by atoms with Crippen LogP contribution < -0.4 is 10.6 Å². The molecule has 0 radical (unpaired) electrons. The van der Waals surface area contributed by atoms with Crippen LogP contribution in [-0.4, -0.2) is 33.7 Å². The Morgan fingerprint density at radius 1 is 1.35 bits per heavy atom. The molecular weight excluding hydrogens is 300 g/mol. The lowest BCUT2D eigenvalue weighted by Gasteiger charge is -2.26. The summed E-state index contributed by atoms with van der Waals surface area (Å²) in [5.74, 6) is 0.0227. The molecule has 1 aliphatic heterocycles. The standard InChI is InChI=1S/C13H18N2O3S.ClH/c1-14-8-6-13(16)15-11-7-9-19(17,18)12-5-3-2-4-10(11)12;/h2-5,11,14H,6-9H2,1H3,(H,15,16);1H. The van der Waals surface area contributed by atoms with E-state index in [1.54, 1.807) is 31.3 Å². The minimum absolute atomic E-state index is 0. The maximum absolute atomic E-state index is 12.0. The van der Waals surface area contributed by atoms with Gasteiger partial charge in [0.25, 0.3) is 0 Å². The van der Waals surface area contributed by atoms with E-state index in [2.05, 4.69) is 10.6 Å². The van der Waals surface area contributed by atoms with Gasteiger partial charge in [0.2, 0.25) is 5.91 Å². The van der Waals surface area contributed by atoms with Crippen molar-refractivity contribution in [1.82, 2.24) is 10.6 Å². The summed E-state index contributed by atoms with van der Waals surface area (Å²) in [5.41, 5.74) is 0.701. The van der Waals surface area contributed by atoms with Gasteiger partial charge in [-0.15, -0.1) is 12.4 Å². The number of sulfone groups is 1. The van der Waals surface area contributed by atoms with E-state index in [4.69, 9.17) is 0 Å². The predicted octanol–water partition coefficient (Wildman–Crippen LogP) is 1.05. The Bertz CT molecular complexity index is 575. The van der Waals surface area contributed by atoms with Crippen molar-refractivity contribution >= 4 is 28.2 Å². The zero-order valence-corrected chi connectivity index (χ0v) is 12.9. The summed E-state index contributed by atoms with van der Waals surface area (Å²) in [4.78, 5) is 12.1. The molecule has 2 rings (SSSR count). The molecule has 2 N–H and O–H groups in total. The van der Waals surface area contributed by atoms with Gasteiger partial charge in [0.15, 0.2) is 9.84 Å². The van der Waals surface area contributed by atoms with Crippen LogP contribution in [0.4, 0.5) is 0 Å². The van der Waals surface area contributed by atoms with Crippen LogP contribution in [0.15, 0.2) is 29.2 Å². The van der Waals surface area contributed by atoms with Gasteiger partial charge in [-0.25, -0.2) is 8.42 Å². The first-order chi connectivity index (χ1) is 9.04.